The zero-order valence-corrected chi connectivity index (χ0v) is 11.9. The monoisotopic (exact) mass is 303 g/mol. The molecule has 1 aliphatic heterocycles. The topological polar surface area (TPSA) is 91.2 Å². The second-order valence-corrected chi connectivity index (χ2v) is 5.33. The zero-order valence-electron chi connectivity index (χ0n) is 11.2. The number of carbonyl (C=O) groups is 1. The Morgan fingerprint density at radius 2 is 2.24 bits per heavy atom. The number of nitrogens with zero attached hydrogens (tertiary/aromatic N) is 1. The number of fused-ring (bicyclic) bond motifs is 1. The summed E-state index contributed by atoms with van der Waals surface area (Å²) in [7, 11) is 0. The van der Waals surface area contributed by atoms with Gasteiger partial charge in [0.15, 0.2) is 0 Å². The van der Waals surface area contributed by atoms with E-state index in [0.29, 0.717) is 22.9 Å². The summed E-state index contributed by atoms with van der Waals surface area (Å²) in [4.78, 5) is 15.3. The van der Waals surface area contributed by atoms with Gasteiger partial charge in [0, 0.05) is 30.3 Å². The third-order valence-corrected chi connectivity index (χ3v) is 3.74. The van der Waals surface area contributed by atoms with E-state index >= 15 is 0 Å². The van der Waals surface area contributed by atoms with E-state index in [1.54, 1.807) is 18.2 Å². The van der Waals surface area contributed by atoms with Crippen LogP contribution in [0.5, 0.6) is 5.75 Å². The molecule has 0 unspecified atom stereocenters. The van der Waals surface area contributed by atoms with Crippen LogP contribution in [0.3, 0.4) is 0 Å². The minimum Gasteiger partial charge on any atom is -0.487 e. The van der Waals surface area contributed by atoms with E-state index in [1.807, 2.05) is 6.07 Å². The first-order chi connectivity index (χ1) is 10.1. The molecular formula is C15H14ClN3O2. The molecule has 0 saturated carbocycles. The molecule has 0 spiro atoms. The van der Waals surface area contributed by atoms with Crippen molar-refractivity contribution in [2.45, 2.75) is 12.5 Å². The fourth-order valence-electron chi connectivity index (χ4n) is 2.38. The fourth-order valence-corrected chi connectivity index (χ4v) is 2.66. The Labute approximate surface area is 126 Å². The number of rotatable bonds is 3. The van der Waals surface area contributed by atoms with Gasteiger partial charge in [-0.25, -0.2) is 0 Å². The van der Waals surface area contributed by atoms with Gasteiger partial charge in [0.05, 0.1) is 16.3 Å². The Morgan fingerprint density at radius 1 is 1.43 bits per heavy atom. The van der Waals surface area contributed by atoms with Crippen molar-refractivity contribution in [3.05, 3.63) is 46.6 Å². The summed E-state index contributed by atoms with van der Waals surface area (Å²) in [6.45, 7) is 0.450. The number of hydrogen-bond donors (Lipinski definition) is 2. The number of carbonyl (C=O) groups excluding carboxylic acids is 1. The van der Waals surface area contributed by atoms with Crippen LogP contribution in [0, 0.1) is 0 Å². The normalized spacial score (nSPS) is 16.4. The molecule has 21 heavy (non-hydrogen) atoms. The minimum atomic E-state index is -0.500. The summed E-state index contributed by atoms with van der Waals surface area (Å²) in [6.07, 6.45) is 2.16. The lowest BCUT2D eigenvalue weighted by atomic mass is 10.0. The lowest BCUT2D eigenvalue weighted by Gasteiger charge is -2.08. The molecule has 0 aliphatic carbocycles. The molecule has 1 aromatic carbocycles. The smallest absolute Gasteiger partial charge is 0.250 e. The number of halogens is 1. The molecule has 0 radical (unpaired) electrons. The highest BCUT2D eigenvalue weighted by atomic mass is 35.5. The van der Waals surface area contributed by atoms with Crippen molar-refractivity contribution in [2.24, 2.45) is 11.5 Å². The van der Waals surface area contributed by atoms with Crippen LogP contribution in [-0.4, -0.2) is 23.5 Å². The first-order valence-electron chi connectivity index (χ1n) is 6.54. The Morgan fingerprint density at radius 3 is 2.86 bits per heavy atom. The quantitative estimate of drug-likeness (QED) is 0.904. The maximum atomic E-state index is 11.1. The van der Waals surface area contributed by atoms with Gasteiger partial charge in [0.1, 0.15) is 11.9 Å². The summed E-state index contributed by atoms with van der Waals surface area (Å²) in [5.41, 5.74) is 13.8. The number of hydrogen-bond acceptors (Lipinski definition) is 4. The van der Waals surface area contributed by atoms with Crippen LogP contribution in [0.25, 0.3) is 11.3 Å². The highest BCUT2D eigenvalue weighted by molar-refractivity contribution is 6.32. The molecule has 0 bridgehead atoms. The Bertz CT molecular complexity index is 701. The first kappa shape index (κ1) is 13.9. The Balaban J connectivity index is 1.97. The van der Waals surface area contributed by atoms with Gasteiger partial charge in [-0.15, -0.1) is 0 Å². The number of pyridine rings is 1. The summed E-state index contributed by atoms with van der Waals surface area (Å²) < 4.78 is 5.69. The van der Waals surface area contributed by atoms with E-state index in [2.05, 4.69) is 4.98 Å². The van der Waals surface area contributed by atoms with Crippen molar-refractivity contribution in [2.75, 3.05) is 6.54 Å². The molecule has 6 heteroatoms. The second kappa shape index (κ2) is 5.35. The van der Waals surface area contributed by atoms with Gasteiger partial charge >= 0.3 is 0 Å². The number of ether oxygens (including phenoxy) is 1. The number of nitrogens with two attached hydrogens (primary N) is 2. The Hall–Kier alpha value is -2.11. The van der Waals surface area contributed by atoms with Gasteiger partial charge in [0.2, 0.25) is 5.91 Å². The van der Waals surface area contributed by atoms with E-state index in [0.717, 1.165) is 23.2 Å². The lowest BCUT2D eigenvalue weighted by Crippen LogP contribution is -2.24. The summed E-state index contributed by atoms with van der Waals surface area (Å²) >= 11 is 6.26. The number of benzene rings is 1. The second-order valence-electron chi connectivity index (χ2n) is 4.92. The zero-order chi connectivity index (χ0) is 15.0. The standard InChI is InChI=1S/C15H14ClN3O2/c16-12-5-9(3-10-4-11(6-17)21-14(10)12)13-2-1-8(7-19-13)15(18)20/h1-3,5,7,11H,4,6,17H2,(H2,18,20)/t11-/m1/s1. The van der Waals surface area contributed by atoms with Crippen LogP contribution < -0.4 is 16.2 Å². The van der Waals surface area contributed by atoms with Crippen LogP contribution in [0.1, 0.15) is 15.9 Å². The van der Waals surface area contributed by atoms with Crippen molar-refractivity contribution in [1.82, 2.24) is 4.98 Å². The summed E-state index contributed by atoms with van der Waals surface area (Å²) in [5, 5.41) is 0.541. The van der Waals surface area contributed by atoms with Crippen LogP contribution in [0.15, 0.2) is 30.5 Å². The van der Waals surface area contributed by atoms with Crippen molar-refractivity contribution in [3.8, 4) is 17.0 Å². The first-order valence-corrected chi connectivity index (χ1v) is 6.91. The van der Waals surface area contributed by atoms with E-state index < -0.39 is 5.91 Å². The largest absolute Gasteiger partial charge is 0.487 e. The molecule has 4 N–H and O–H groups in total. The maximum Gasteiger partial charge on any atom is 0.250 e. The highest BCUT2D eigenvalue weighted by Crippen LogP contribution is 2.39. The van der Waals surface area contributed by atoms with Crippen LogP contribution in [0.4, 0.5) is 0 Å². The van der Waals surface area contributed by atoms with Gasteiger partial charge in [-0.1, -0.05) is 11.6 Å². The predicted octanol–water partition coefficient (Wildman–Crippen LogP) is 1.76. The Kier molecular flexibility index (Phi) is 3.53. The van der Waals surface area contributed by atoms with E-state index in [4.69, 9.17) is 27.8 Å². The van der Waals surface area contributed by atoms with Crippen molar-refractivity contribution < 1.29 is 9.53 Å². The summed E-state index contributed by atoms with van der Waals surface area (Å²) in [5.74, 6) is 0.199. The molecule has 1 atom stereocenters. The van der Waals surface area contributed by atoms with Gasteiger partial charge in [-0.05, 0) is 24.3 Å². The van der Waals surface area contributed by atoms with Crippen LogP contribution in [-0.2, 0) is 6.42 Å². The molecule has 1 aliphatic rings. The lowest BCUT2D eigenvalue weighted by molar-refractivity contribution is 0.1000. The molecule has 1 aromatic heterocycles. The van der Waals surface area contributed by atoms with Crippen LogP contribution in [0.2, 0.25) is 5.02 Å². The average molecular weight is 304 g/mol. The van der Waals surface area contributed by atoms with Crippen molar-refractivity contribution in [3.63, 3.8) is 0 Å². The SMILES string of the molecule is NC[C@H]1Cc2cc(-c3ccc(C(N)=O)cn3)cc(Cl)c2O1. The van der Waals surface area contributed by atoms with Crippen LogP contribution >= 0.6 is 11.6 Å². The number of aromatic nitrogens is 1. The predicted molar refractivity (Wildman–Crippen MR) is 80.4 cm³/mol. The fraction of sp³-hybridized carbons (Fsp3) is 0.200. The molecule has 1 amide bonds. The van der Waals surface area contributed by atoms with Crippen molar-refractivity contribution in [1.29, 1.82) is 0 Å². The van der Waals surface area contributed by atoms with Gasteiger partial charge in [-0.2, -0.15) is 0 Å². The molecule has 2 aromatic rings. The van der Waals surface area contributed by atoms with Crippen molar-refractivity contribution >= 4 is 17.5 Å². The molecular weight excluding hydrogens is 290 g/mol. The average Bonchev–Trinajstić information content (AvgIpc) is 2.91. The van der Waals surface area contributed by atoms with Gasteiger partial charge in [0.25, 0.3) is 0 Å². The molecule has 2 heterocycles. The molecule has 3 rings (SSSR count). The molecule has 108 valence electrons. The molecule has 0 fully saturated rings. The molecule has 0 saturated heterocycles. The minimum absolute atomic E-state index is 0.0297. The summed E-state index contributed by atoms with van der Waals surface area (Å²) in [6, 6.07) is 7.17. The van der Waals surface area contributed by atoms with Gasteiger partial charge in [-0.3, -0.25) is 9.78 Å². The highest BCUT2D eigenvalue weighted by Gasteiger charge is 2.25. The number of amides is 1. The van der Waals surface area contributed by atoms with E-state index in [9.17, 15) is 4.79 Å². The number of primary amides is 1. The van der Waals surface area contributed by atoms with Gasteiger partial charge < -0.3 is 16.2 Å². The molecule has 5 nitrogen and oxygen atoms in total. The third-order valence-electron chi connectivity index (χ3n) is 3.46. The maximum absolute atomic E-state index is 11.1. The van der Waals surface area contributed by atoms with E-state index in [-0.39, 0.29) is 6.10 Å². The van der Waals surface area contributed by atoms with E-state index in [1.165, 1.54) is 6.20 Å². The third kappa shape index (κ3) is 2.57.